The molecule has 0 atom stereocenters. The van der Waals surface area contributed by atoms with Crippen LogP contribution in [0.1, 0.15) is 0 Å². The number of benzene rings is 1. The Bertz CT molecular complexity index is 587. The van der Waals surface area contributed by atoms with Crippen molar-refractivity contribution in [3.05, 3.63) is 49.3 Å². The summed E-state index contributed by atoms with van der Waals surface area (Å²) in [5.74, 6) is 0.679. The van der Waals surface area contributed by atoms with E-state index in [1.165, 1.54) is 12.7 Å². The van der Waals surface area contributed by atoms with Crippen LogP contribution in [-0.4, -0.2) is 25.1 Å². The van der Waals surface area contributed by atoms with Crippen LogP contribution in [0.15, 0.2) is 49.3 Å². The molecular weight excluding hydrogens is 214 g/mol. The summed E-state index contributed by atoms with van der Waals surface area (Å²) in [6.45, 7) is 0. The molecule has 3 aromatic rings. The fourth-order valence-corrected chi connectivity index (χ4v) is 1.61. The lowest BCUT2D eigenvalue weighted by Crippen LogP contribution is -1.88. The van der Waals surface area contributed by atoms with E-state index in [-0.39, 0.29) is 0 Å². The molecule has 5 heteroatoms. The van der Waals surface area contributed by atoms with Gasteiger partial charge in [-0.15, -0.1) is 0 Å². The molecular formula is C12H9N5. The van der Waals surface area contributed by atoms with E-state index in [0.717, 1.165) is 16.7 Å². The predicted octanol–water partition coefficient (Wildman–Crippen LogP) is 1.93. The maximum absolute atomic E-state index is 4.10. The van der Waals surface area contributed by atoms with Crippen molar-refractivity contribution >= 4 is 0 Å². The van der Waals surface area contributed by atoms with Crippen molar-refractivity contribution in [2.75, 3.05) is 0 Å². The van der Waals surface area contributed by atoms with E-state index in [4.69, 9.17) is 0 Å². The van der Waals surface area contributed by atoms with Gasteiger partial charge in [-0.1, -0.05) is 24.3 Å². The molecule has 17 heavy (non-hydrogen) atoms. The zero-order valence-corrected chi connectivity index (χ0v) is 8.91. The summed E-state index contributed by atoms with van der Waals surface area (Å²) in [5, 5.41) is 6.71. The Morgan fingerprint density at radius 2 is 1.53 bits per heavy atom. The van der Waals surface area contributed by atoms with Gasteiger partial charge in [0.05, 0.1) is 6.20 Å². The van der Waals surface area contributed by atoms with Crippen molar-refractivity contribution in [3.63, 3.8) is 0 Å². The number of aromatic amines is 1. The van der Waals surface area contributed by atoms with Crippen molar-refractivity contribution in [2.24, 2.45) is 0 Å². The molecule has 1 N–H and O–H groups in total. The monoisotopic (exact) mass is 223 g/mol. The highest BCUT2D eigenvalue weighted by Gasteiger charge is 2.02. The number of hydrogen-bond acceptors (Lipinski definition) is 4. The van der Waals surface area contributed by atoms with Crippen molar-refractivity contribution < 1.29 is 0 Å². The first kappa shape index (κ1) is 9.65. The molecule has 0 aliphatic carbocycles. The van der Waals surface area contributed by atoms with E-state index in [1.807, 2.05) is 30.5 Å². The molecule has 5 nitrogen and oxygen atoms in total. The van der Waals surface area contributed by atoms with E-state index in [0.29, 0.717) is 5.82 Å². The Kier molecular flexibility index (Phi) is 2.34. The second kappa shape index (κ2) is 4.13. The number of nitrogens with zero attached hydrogens (tertiary/aromatic N) is 4. The highest BCUT2D eigenvalue weighted by molar-refractivity contribution is 5.66. The van der Waals surface area contributed by atoms with E-state index in [9.17, 15) is 0 Å². The van der Waals surface area contributed by atoms with Gasteiger partial charge < -0.3 is 0 Å². The maximum Gasteiger partial charge on any atom is 0.162 e. The van der Waals surface area contributed by atoms with Crippen molar-refractivity contribution in [3.8, 4) is 22.5 Å². The Morgan fingerprint density at radius 1 is 0.824 bits per heavy atom. The topological polar surface area (TPSA) is 67.3 Å². The van der Waals surface area contributed by atoms with Crippen LogP contribution < -0.4 is 0 Å². The fraction of sp³-hybridized carbons (Fsp3) is 0. The molecule has 0 bridgehead atoms. The number of aromatic nitrogens is 5. The second-order valence-electron chi connectivity index (χ2n) is 3.53. The van der Waals surface area contributed by atoms with Gasteiger partial charge >= 0.3 is 0 Å². The standard InChI is InChI=1S/C12H9N5/c1-3-10(12-14-7-13-8-15-12)4-2-9(1)11-5-16-17-6-11/h1-8H,(H,16,17). The zero-order valence-electron chi connectivity index (χ0n) is 8.91. The summed E-state index contributed by atoms with van der Waals surface area (Å²) >= 11 is 0. The first-order chi connectivity index (χ1) is 8.43. The number of hydrogen-bond donors (Lipinski definition) is 1. The number of nitrogens with one attached hydrogen (secondary N) is 1. The van der Waals surface area contributed by atoms with Crippen LogP contribution in [0, 0.1) is 0 Å². The van der Waals surface area contributed by atoms with Gasteiger partial charge in [0.25, 0.3) is 0 Å². The molecule has 0 spiro atoms. The lowest BCUT2D eigenvalue weighted by atomic mass is 10.1. The first-order valence-electron chi connectivity index (χ1n) is 5.15. The van der Waals surface area contributed by atoms with Gasteiger partial charge in [-0.2, -0.15) is 5.10 Å². The highest BCUT2D eigenvalue weighted by atomic mass is 15.1. The van der Waals surface area contributed by atoms with Gasteiger partial charge in [0, 0.05) is 17.3 Å². The normalized spacial score (nSPS) is 10.4. The third-order valence-corrected chi connectivity index (χ3v) is 2.47. The molecule has 2 heterocycles. The Hall–Kier alpha value is -2.56. The average Bonchev–Trinajstić information content (AvgIpc) is 2.94. The molecule has 0 unspecified atom stereocenters. The van der Waals surface area contributed by atoms with Crippen LogP contribution in [0.3, 0.4) is 0 Å². The minimum atomic E-state index is 0.679. The zero-order chi connectivity index (χ0) is 11.5. The Morgan fingerprint density at radius 3 is 2.18 bits per heavy atom. The number of rotatable bonds is 2. The molecule has 1 aromatic carbocycles. The Balaban J connectivity index is 1.96. The third kappa shape index (κ3) is 1.90. The maximum atomic E-state index is 4.10. The summed E-state index contributed by atoms with van der Waals surface area (Å²) < 4.78 is 0. The van der Waals surface area contributed by atoms with Gasteiger partial charge in [0.2, 0.25) is 0 Å². The average molecular weight is 223 g/mol. The summed E-state index contributed by atoms with van der Waals surface area (Å²) in [7, 11) is 0. The van der Waals surface area contributed by atoms with Gasteiger partial charge in [-0.3, -0.25) is 5.10 Å². The van der Waals surface area contributed by atoms with Crippen molar-refractivity contribution in [2.45, 2.75) is 0 Å². The van der Waals surface area contributed by atoms with E-state index in [1.54, 1.807) is 6.20 Å². The van der Waals surface area contributed by atoms with Crippen molar-refractivity contribution in [1.82, 2.24) is 25.1 Å². The first-order valence-corrected chi connectivity index (χ1v) is 5.15. The predicted molar refractivity (Wildman–Crippen MR) is 62.8 cm³/mol. The lowest BCUT2D eigenvalue weighted by molar-refractivity contribution is 1.06. The summed E-state index contributed by atoms with van der Waals surface area (Å²) in [5.41, 5.74) is 3.14. The van der Waals surface area contributed by atoms with Gasteiger partial charge in [-0.05, 0) is 5.56 Å². The molecule has 0 saturated heterocycles. The van der Waals surface area contributed by atoms with Crippen LogP contribution >= 0.6 is 0 Å². The Labute approximate surface area is 97.6 Å². The van der Waals surface area contributed by atoms with Gasteiger partial charge in [-0.25, -0.2) is 15.0 Å². The smallest absolute Gasteiger partial charge is 0.162 e. The molecule has 0 saturated carbocycles. The SMILES string of the molecule is c1ncnc(-c2ccc(-c3cn[nH]c3)cc2)n1. The van der Waals surface area contributed by atoms with Crippen LogP contribution in [0.5, 0.6) is 0 Å². The van der Waals surface area contributed by atoms with Crippen LogP contribution in [0.25, 0.3) is 22.5 Å². The van der Waals surface area contributed by atoms with Crippen LogP contribution in [-0.2, 0) is 0 Å². The largest absolute Gasteiger partial charge is 0.285 e. The quantitative estimate of drug-likeness (QED) is 0.720. The molecule has 82 valence electrons. The van der Waals surface area contributed by atoms with E-state index in [2.05, 4.69) is 25.1 Å². The second-order valence-corrected chi connectivity index (χ2v) is 3.53. The fourth-order valence-electron chi connectivity index (χ4n) is 1.61. The van der Waals surface area contributed by atoms with Crippen molar-refractivity contribution in [1.29, 1.82) is 0 Å². The number of H-pyrrole nitrogens is 1. The van der Waals surface area contributed by atoms with Crippen LogP contribution in [0.2, 0.25) is 0 Å². The van der Waals surface area contributed by atoms with E-state index < -0.39 is 0 Å². The minimum absolute atomic E-state index is 0.679. The highest BCUT2D eigenvalue weighted by Crippen LogP contribution is 2.21. The summed E-state index contributed by atoms with van der Waals surface area (Å²) in [4.78, 5) is 12.0. The van der Waals surface area contributed by atoms with E-state index >= 15 is 0 Å². The minimum Gasteiger partial charge on any atom is -0.285 e. The van der Waals surface area contributed by atoms with Gasteiger partial charge in [0.15, 0.2) is 5.82 Å². The third-order valence-electron chi connectivity index (χ3n) is 2.47. The van der Waals surface area contributed by atoms with Crippen LogP contribution in [0.4, 0.5) is 0 Å². The summed E-state index contributed by atoms with van der Waals surface area (Å²) in [6, 6.07) is 8.00. The summed E-state index contributed by atoms with van der Waals surface area (Å²) in [6.07, 6.45) is 6.63. The molecule has 2 aromatic heterocycles. The molecule has 0 aliphatic rings. The molecule has 3 rings (SSSR count). The van der Waals surface area contributed by atoms with Gasteiger partial charge in [0.1, 0.15) is 12.7 Å². The molecule has 0 aliphatic heterocycles. The molecule has 0 amide bonds. The lowest BCUT2D eigenvalue weighted by Gasteiger charge is -2.00. The molecule has 0 fully saturated rings. The molecule has 0 radical (unpaired) electrons.